The van der Waals surface area contributed by atoms with Crippen LogP contribution in [-0.2, 0) is 12.8 Å². The lowest BCUT2D eigenvalue weighted by atomic mass is 10.2. The summed E-state index contributed by atoms with van der Waals surface area (Å²) in [5.41, 5.74) is 6.59. The van der Waals surface area contributed by atoms with Crippen LogP contribution in [0.5, 0.6) is 0 Å². The SMILES string of the molecule is Cn1cc(SCc2ccc(N)cc2F)cn1. The van der Waals surface area contributed by atoms with E-state index in [1.807, 2.05) is 13.2 Å². The summed E-state index contributed by atoms with van der Waals surface area (Å²) in [6.07, 6.45) is 3.67. The van der Waals surface area contributed by atoms with Crippen LogP contribution in [0.1, 0.15) is 5.56 Å². The predicted molar refractivity (Wildman–Crippen MR) is 63.6 cm³/mol. The number of hydrogen-bond acceptors (Lipinski definition) is 3. The van der Waals surface area contributed by atoms with Gasteiger partial charge in [0.2, 0.25) is 0 Å². The van der Waals surface area contributed by atoms with E-state index in [-0.39, 0.29) is 5.82 Å². The van der Waals surface area contributed by atoms with Crippen LogP contribution >= 0.6 is 11.8 Å². The van der Waals surface area contributed by atoms with Gasteiger partial charge in [-0.05, 0) is 17.7 Å². The van der Waals surface area contributed by atoms with Gasteiger partial charge in [-0.3, -0.25) is 4.68 Å². The normalized spacial score (nSPS) is 10.6. The molecule has 2 N–H and O–H groups in total. The minimum Gasteiger partial charge on any atom is -0.399 e. The smallest absolute Gasteiger partial charge is 0.129 e. The first-order valence-electron chi connectivity index (χ1n) is 4.80. The lowest BCUT2D eigenvalue weighted by molar-refractivity contribution is 0.618. The van der Waals surface area contributed by atoms with Crippen LogP contribution < -0.4 is 5.73 Å². The van der Waals surface area contributed by atoms with Gasteiger partial charge in [0.25, 0.3) is 0 Å². The summed E-state index contributed by atoms with van der Waals surface area (Å²) in [6.45, 7) is 0. The number of rotatable bonds is 3. The van der Waals surface area contributed by atoms with Crippen molar-refractivity contribution in [1.29, 1.82) is 0 Å². The molecule has 2 rings (SSSR count). The lowest BCUT2D eigenvalue weighted by Gasteiger charge is -2.02. The monoisotopic (exact) mass is 237 g/mol. The van der Waals surface area contributed by atoms with Crippen LogP contribution in [0.15, 0.2) is 35.5 Å². The summed E-state index contributed by atoms with van der Waals surface area (Å²) in [6, 6.07) is 4.77. The maximum absolute atomic E-state index is 13.4. The molecule has 2 aromatic rings. The number of thioether (sulfide) groups is 1. The number of nitrogens with two attached hydrogens (primary N) is 1. The van der Waals surface area contributed by atoms with Crippen molar-refractivity contribution in [3.05, 3.63) is 42.0 Å². The zero-order chi connectivity index (χ0) is 11.5. The Balaban J connectivity index is 2.04. The van der Waals surface area contributed by atoms with Gasteiger partial charge in [-0.2, -0.15) is 5.10 Å². The molecular formula is C11H12FN3S. The minimum absolute atomic E-state index is 0.253. The van der Waals surface area contributed by atoms with E-state index in [1.54, 1.807) is 34.8 Å². The van der Waals surface area contributed by atoms with E-state index in [0.29, 0.717) is 17.0 Å². The maximum Gasteiger partial charge on any atom is 0.129 e. The van der Waals surface area contributed by atoms with Crippen molar-refractivity contribution in [2.24, 2.45) is 7.05 Å². The van der Waals surface area contributed by atoms with Crippen LogP contribution in [-0.4, -0.2) is 9.78 Å². The van der Waals surface area contributed by atoms with Gasteiger partial charge in [-0.25, -0.2) is 4.39 Å². The molecule has 1 aromatic heterocycles. The van der Waals surface area contributed by atoms with Crippen molar-refractivity contribution in [3.8, 4) is 0 Å². The van der Waals surface area contributed by atoms with E-state index in [9.17, 15) is 4.39 Å². The molecule has 0 spiro atoms. The Kier molecular flexibility index (Phi) is 3.14. The molecule has 16 heavy (non-hydrogen) atoms. The fourth-order valence-corrected chi connectivity index (χ4v) is 2.22. The number of aryl methyl sites for hydroxylation is 1. The third-order valence-electron chi connectivity index (χ3n) is 2.15. The summed E-state index contributed by atoms with van der Waals surface area (Å²) >= 11 is 1.55. The Hall–Kier alpha value is -1.49. The highest BCUT2D eigenvalue weighted by atomic mass is 32.2. The molecule has 0 saturated heterocycles. The van der Waals surface area contributed by atoms with Gasteiger partial charge in [-0.15, -0.1) is 11.8 Å². The number of aromatic nitrogens is 2. The molecule has 0 amide bonds. The topological polar surface area (TPSA) is 43.8 Å². The van der Waals surface area contributed by atoms with Crippen LogP contribution in [0.25, 0.3) is 0 Å². The van der Waals surface area contributed by atoms with Crippen molar-refractivity contribution >= 4 is 17.4 Å². The second-order valence-corrected chi connectivity index (χ2v) is 4.54. The number of nitrogens with zero attached hydrogens (tertiary/aromatic N) is 2. The highest BCUT2D eigenvalue weighted by Crippen LogP contribution is 2.24. The van der Waals surface area contributed by atoms with Crippen molar-refractivity contribution in [2.75, 3.05) is 5.73 Å². The van der Waals surface area contributed by atoms with Crippen LogP contribution in [0.4, 0.5) is 10.1 Å². The highest BCUT2D eigenvalue weighted by Gasteiger charge is 2.04. The Labute approximate surface area is 97.5 Å². The Morgan fingerprint density at radius 1 is 1.50 bits per heavy atom. The van der Waals surface area contributed by atoms with Gasteiger partial charge in [0.05, 0.1) is 6.20 Å². The standard InChI is InChI=1S/C11H12FN3S/c1-15-6-10(5-14-15)16-7-8-2-3-9(13)4-11(8)12/h2-6H,7,13H2,1H3. The Morgan fingerprint density at radius 3 is 2.94 bits per heavy atom. The average molecular weight is 237 g/mol. The molecule has 0 unspecified atom stereocenters. The summed E-state index contributed by atoms with van der Waals surface area (Å²) in [7, 11) is 1.86. The Bertz CT molecular complexity index is 496. The molecule has 1 heterocycles. The number of nitrogen functional groups attached to an aromatic ring is 1. The van der Waals surface area contributed by atoms with Crippen molar-refractivity contribution < 1.29 is 4.39 Å². The average Bonchev–Trinajstić information content (AvgIpc) is 2.63. The Morgan fingerprint density at radius 2 is 2.31 bits per heavy atom. The van der Waals surface area contributed by atoms with Gasteiger partial charge in [0.15, 0.2) is 0 Å². The van der Waals surface area contributed by atoms with Crippen LogP contribution in [0.3, 0.4) is 0 Å². The van der Waals surface area contributed by atoms with Crippen molar-refractivity contribution in [3.63, 3.8) is 0 Å². The van der Waals surface area contributed by atoms with Gasteiger partial charge in [-0.1, -0.05) is 6.07 Å². The molecular weight excluding hydrogens is 225 g/mol. The second-order valence-electron chi connectivity index (χ2n) is 3.49. The fraction of sp³-hybridized carbons (Fsp3) is 0.182. The molecule has 1 aromatic carbocycles. The molecule has 3 nitrogen and oxygen atoms in total. The molecule has 0 aliphatic heterocycles. The number of benzene rings is 1. The largest absolute Gasteiger partial charge is 0.399 e. The lowest BCUT2D eigenvalue weighted by Crippen LogP contribution is -1.91. The molecule has 84 valence electrons. The third-order valence-corrected chi connectivity index (χ3v) is 3.15. The number of hydrogen-bond donors (Lipinski definition) is 1. The van der Waals surface area contributed by atoms with Crippen molar-refractivity contribution in [1.82, 2.24) is 9.78 Å². The van der Waals surface area contributed by atoms with Gasteiger partial charge in [0.1, 0.15) is 5.82 Å². The quantitative estimate of drug-likeness (QED) is 0.658. The van der Waals surface area contributed by atoms with Gasteiger partial charge < -0.3 is 5.73 Å². The first-order valence-corrected chi connectivity index (χ1v) is 5.79. The summed E-state index contributed by atoms with van der Waals surface area (Å²) in [5.74, 6) is 0.328. The van der Waals surface area contributed by atoms with E-state index in [1.165, 1.54) is 6.07 Å². The number of halogens is 1. The first kappa shape index (κ1) is 11.0. The molecule has 5 heteroatoms. The third kappa shape index (κ3) is 2.55. The van der Waals surface area contributed by atoms with E-state index < -0.39 is 0 Å². The minimum atomic E-state index is -0.253. The molecule has 0 aliphatic rings. The van der Waals surface area contributed by atoms with Crippen LogP contribution in [0, 0.1) is 5.82 Å². The maximum atomic E-state index is 13.4. The fourth-order valence-electron chi connectivity index (χ4n) is 1.32. The highest BCUT2D eigenvalue weighted by molar-refractivity contribution is 7.98. The molecule has 0 aliphatic carbocycles. The predicted octanol–water partition coefficient (Wildman–Crippen LogP) is 2.43. The van der Waals surface area contributed by atoms with Gasteiger partial charge in [0, 0.05) is 29.6 Å². The number of anilines is 1. The molecule has 0 bridgehead atoms. The second kappa shape index (κ2) is 4.57. The van der Waals surface area contributed by atoms with E-state index >= 15 is 0 Å². The van der Waals surface area contributed by atoms with E-state index in [0.717, 1.165) is 4.90 Å². The van der Waals surface area contributed by atoms with E-state index in [4.69, 9.17) is 5.73 Å². The molecule has 0 radical (unpaired) electrons. The van der Waals surface area contributed by atoms with E-state index in [2.05, 4.69) is 5.10 Å². The zero-order valence-corrected chi connectivity index (χ0v) is 9.67. The molecule has 0 fully saturated rings. The summed E-state index contributed by atoms with van der Waals surface area (Å²) in [5, 5.41) is 4.05. The zero-order valence-electron chi connectivity index (χ0n) is 8.85. The van der Waals surface area contributed by atoms with Crippen LogP contribution in [0.2, 0.25) is 0 Å². The summed E-state index contributed by atoms with van der Waals surface area (Å²) < 4.78 is 15.2. The molecule has 0 saturated carbocycles. The van der Waals surface area contributed by atoms with Crippen molar-refractivity contribution in [2.45, 2.75) is 10.6 Å². The van der Waals surface area contributed by atoms with Gasteiger partial charge >= 0.3 is 0 Å². The molecule has 0 atom stereocenters. The summed E-state index contributed by atoms with van der Waals surface area (Å²) in [4.78, 5) is 1.03. The first-order chi connectivity index (χ1) is 7.65.